The minimum atomic E-state index is -0.593. The number of amides is 1. The van der Waals surface area contributed by atoms with Crippen molar-refractivity contribution >= 4 is 22.8 Å². The van der Waals surface area contributed by atoms with Crippen molar-refractivity contribution in [3.05, 3.63) is 57.0 Å². The summed E-state index contributed by atoms with van der Waals surface area (Å²) < 4.78 is 8.74. The summed E-state index contributed by atoms with van der Waals surface area (Å²) >= 11 is 0. The fraction of sp³-hybridized carbons (Fsp3) is 0.294. The van der Waals surface area contributed by atoms with Crippen molar-refractivity contribution in [3.63, 3.8) is 0 Å². The molecule has 0 aliphatic carbocycles. The summed E-state index contributed by atoms with van der Waals surface area (Å²) in [7, 11) is 4.76. The number of nitrogens with zero attached hydrogens (tertiary/aromatic N) is 4. The average Bonchev–Trinajstić information content (AvgIpc) is 2.99. The molecule has 9 heteroatoms. The van der Waals surface area contributed by atoms with Crippen molar-refractivity contribution in [1.29, 1.82) is 0 Å². The highest BCUT2D eigenvalue weighted by molar-refractivity contribution is 5.90. The van der Waals surface area contributed by atoms with Gasteiger partial charge in [0.2, 0.25) is 5.91 Å². The normalized spacial score (nSPS) is 11.0. The number of benzene rings is 1. The highest BCUT2D eigenvalue weighted by Crippen LogP contribution is 2.11. The molecule has 0 atom stereocenters. The van der Waals surface area contributed by atoms with Gasteiger partial charge >= 0.3 is 5.69 Å². The van der Waals surface area contributed by atoms with Gasteiger partial charge in [0, 0.05) is 26.9 Å². The van der Waals surface area contributed by atoms with Crippen molar-refractivity contribution < 1.29 is 9.53 Å². The maximum absolute atomic E-state index is 12.6. The third-order valence-electron chi connectivity index (χ3n) is 4.02. The Morgan fingerprint density at radius 2 is 2.04 bits per heavy atom. The third kappa shape index (κ3) is 3.16. The molecule has 0 bridgehead atoms. The average molecular weight is 357 g/mol. The van der Waals surface area contributed by atoms with E-state index in [1.807, 2.05) is 6.07 Å². The Balaban J connectivity index is 1.90. The van der Waals surface area contributed by atoms with E-state index >= 15 is 0 Å². The Morgan fingerprint density at radius 1 is 1.27 bits per heavy atom. The molecule has 1 N–H and O–H groups in total. The van der Waals surface area contributed by atoms with E-state index in [1.54, 1.807) is 32.4 Å². The molecule has 2 aromatic heterocycles. The van der Waals surface area contributed by atoms with Crippen LogP contribution < -0.4 is 16.6 Å². The van der Waals surface area contributed by atoms with Crippen molar-refractivity contribution in [2.24, 2.45) is 14.1 Å². The summed E-state index contributed by atoms with van der Waals surface area (Å²) in [5, 5.41) is 2.69. The smallest absolute Gasteiger partial charge is 0.332 e. The van der Waals surface area contributed by atoms with Crippen molar-refractivity contribution in [2.45, 2.75) is 13.2 Å². The zero-order valence-corrected chi connectivity index (χ0v) is 14.7. The molecule has 2 heterocycles. The van der Waals surface area contributed by atoms with Gasteiger partial charge < -0.3 is 14.6 Å². The van der Waals surface area contributed by atoms with Crippen LogP contribution in [0.15, 0.2) is 40.2 Å². The van der Waals surface area contributed by atoms with Gasteiger partial charge in [0.1, 0.15) is 6.54 Å². The lowest BCUT2D eigenvalue weighted by Gasteiger charge is -2.10. The molecule has 0 radical (unpaired) electrons. The summed E-state index contributed by atoms with van der Waals surface area (Å²) in [6.45, 7) is 0.0298. The maximum Gasteiger partial charge on any atom is 0.332 e. The zero-order chi connectivity index (χ0) is 18.8. The summed E-state index contributed by atoms with van der Waals surface area (Å²) in [6, 6.07) is 7.15. The topological polar surface area (TPSA) is 100 Å². The lowest BCUT2D eigenvalue weighted by molar-refractivity contribution is -0.116. The molecule has 3 rings (SSSR count). The van der Waals surface area contributed by atoms with Gasteiger partial charge in [0.25, 0.3) is 5.56 Å². The Labute approximate surface area is 148 Å². The van der Waals surface area contributed by atoms with E-state index in [1.165, 1.54) is 22.5 Å². The van der Waals surface area contributed by atoms with Crippen LogP contribution >= 0.6 is 0 Å². The maximum atomic E-state index is 12.6. The summed E-state index contributed by atoms with van der Waals surface area (Å²) in [6.07, 6.45) is 1.46. The van der Waals surface area contributed by atoms with Gasteiger partial charge in [0.05, 0.1) is 12.9 Å². The number of methoxy groups -OCH3 is 1. The van der Waals surface area contributed by atoms with Crippen LogP contribution in [0, 0.1) is 0 Å². The summed E-state index contributed by atoms with van der Waals surface area (Å²) in [5.41, 5.74) is 0.870. The van der Waals surface area contributed by atoms with Crippen molar-refractivity contribution in [1.82, 2.24) is 18.7 Å². The second-order valence-corrected chi connectivity index (χ2v) is 5.94. The Bertz CT molecular complexity index is 1090. The number of anilines is 1. The molecule has 0 saturated heterocycles. The second-order valence-electron chi connectivity index (χ2n) is 5.94. The van der Waals surface area contributed by atoms with Gasteiger partial charge in [0.15, 0.2) is 11.2 Å². The first-order chi connectivity index (χ1) is 12.4. The van der Waals surface area contributed by atoms with Gasteiger partial charge in [-0.05, 0) is 17.7 Å². The molecule has 0 spiro atoms. The van der Waals surface area contributed by atoms with Crippen LogP contribution in [0.5, 0.6) is 0 Å². The number of imidazole rings is 1. The van der Waals surface area contributed by atoms with E-state index in [0.717, 1.165) is 10.1 Å². The summed E-state index contributed by atoms with van der Waals surface area (Å²) in [5.74, 6) is -0.472. The first-order valence-electron chi connectivity index (χ1n) is 7.91. The van der Waals surface area contributed by atoms with Gasteiger partial charge in [-0.2, -0.15) is 0 Å². The highest BCUT2D eigenvalue weighted by atomic mass is 16.5. The number of carbonyl (C=O) groups excluding carboxylic acids is 1. The first-order valence-corrected chi connectivity index (χ1v) is 7.91. The van der Waals surface area contributed by atoms with E-state index in [9.17, 15) is 14.4 Å². The number of aromatic nitrogens is 4. The van der Waals surface area contributed by atoms with Crippen LogP contribution in [0.2, 0.25) is 0 Å². The third-order valence-corrected chi connectivity index (χ3v) is 4.02. The minimum Gasteiger partial charge on any atom is -0.380 e. The fourth-order valence-corrected chi connectivity index (χ4v) is 2.79. The molecule has 0 aliphatic rings. The Hall–Kier alpha value is -3.20. The molecular formula is C17H19N5O4. The molecule has 1 amide bonds. The van der Waals surface area contributed by atoms with E-state index in [4.69, 9.17) is 4.74 Å². The standard InChI is InChI=1S/C17H19N5O4/c1-20-10-18-15-14(20)16(24)22(17(25)21(15)2)8-13(23)19-12-6-4-5-11(7-12)9-26-3/h4-7,10H,8-9H2,1-3H3,(H,19,23). The molecule has 0 aliphatic heterocycles. The number of hydrogen-bond donors (Lipinski definition) is 1. The van der Waals surface area contributed by atoms with Crippen LogP contribution in [-0.4, -0.2) is 31.7 Å². The molecule has 0 unspecified atom stereocenters. The van der Waals surface area contributed by atoms with Crippen LogP contribution in [-0.2, 0) is 36.8 Å². The van der Waals surface area contributed by atoms with Crippen molar-refractivity contribution in [2.75, 3.05) is 12.4 Å². The highest BCUT2D eigenvalue weighted by Gasteiger charge is 2.17. The first kappa shape index (κ1) is 17.6. The number of ether oxygens (including phenoxy) is 1. The number of fused-ring (bicyclic) bond motifs is 1. The Kier molecular flexibility index (Phi) is 4.72. The van der Waals surface area contributed by atoms with Crippen LogP contribution in [0.25, 0.3) is 11.2 Å². The monoisotopic (exact) mass is 357 g/mol. The number of carbonyl (C=O) groups is 1. The zero-order valence-electron chi connectivity index (χ0n) is 14.7. The van der Waals surface area contributed by atoms with E-state index < -0.39 is 17.2 Å². The lowest BCUT2D eigenvalue weighted by Crippen LogP contribution is -2.42. The molecule has 0 saturated carbocycles. The minimum absolute atomic E-state index is 0.266. The molecule has 136 valence electrons. The van der Waals surface area contributed by atoms with Gasteiger partial charge in [-0.3, -0.25) is 14.2 Å². The molecule has 3 aromatic rings. The fourth-order valence-electron chi connectivity index (χ4n) is 2.79. The number of hydrogen-bond acceptors (Lipinski definition) is 5. The van der Waals surface area contributed by atoms with Gasteiger partial charge in [-0.25, -0.2) is 14.3 Å². The quantitative estimate of drug-likeness (QED) is 0.704. The van der Waals surface area contributed by atoms with E-state index in [2.05, 4.69) is 10.3 Å². The van der Waals surface area contributed by atoms with Gasteiger partial charge in [-0.15, -0.1) is 0 Å². The van der Waals surface area contributed by atoms with Crippen LogP contribution in [0.3, 0.4) is 0 Å². The number of nitrogens with one attached hydrogen (secondary N) is 1. The predicted octanol–water partition coefficient (Wildman–Crippen LogP) is 0.219. The SMILES string of the molecule is COCc1cccc(NC(=O)Cn2c(=O)c3c(ncn3C)n(C)c2=O)c1. The molecule has 0 fully saturated rings. The van der Waals surface area contributed by atoms with E-state index in [0.29, 0.717) is 12.3 Å². The van der Waals surface area contributed by atoms with Crippen LogP contribution in [0.4, 0.5) is 5.69 Å². The largest absolute Gasteiger partial charge is 0.380 e. The summed E-state index contributed by atoms with van der Waals surface area (Å²) in [4.78, 5) is 41.4. The number of aryl methyl sites for hydroxylation is 2. The second kappa shape index (κ2) is 6.96. The molecule has 26 heavy (non-hydrogen) atoms. The van der Waals surface area contributed by atoms with E-state index in [-0.39, 0.29) is 17.7 Å². The van der Waals surface area contributed by atoms with Gasteiger partial charge in [-0.1, -0.05) is 12.1 Å². The predicted molar refractivity (Wildman–Crippen MR) is 96.0 cm³/mol. The lowest BCUT2D eigenvalue weighted by atomic mass is 10.2. The molecular weight excluding hydrogens is 338 g/mol. The number of rotatable bonds is 5. The van der Waals surface area contributed by atoms with Crippen molar-refractivity contribution in [3.8, 4) is 0 Å². The Morgan fingerprint density at radius 3 is 2.77 bits per heavy atom. The van der Waals surface area contributed by atoms with Crippen LogP contribution in [0.1, 0.15) is 5.56 Å². The molecule has 9 nitrogen and oxygen atoms in total. The molecule has 1 aromatic carbocycles.